The molecule has 1 aromatic rings. The molecule has 0 bridgehead atoms. The first-order chi connectivity index (χ1) is 10.6. The van der Waals surface area contributed by atoms with E-state index in [0.29, 0.717) is 12.5 Å². The van der Waals surface area contributed by atoms with Gasteiger partial charge in [-0.25, -0.2) is 0 Å². The third-order valence-electron chi connectivity index (χ3n) is 5.56. The van der Waals surface area contributed by atoms with E-state index in [1.807, 2.05) is 35.2 Å². The molecule has 3 rings (SSSR count). The molecular weight excluding hydrogens is 276 g/mol. The number of carbonyl (C=O) groups excluding carboxylic acids is 1. The Balaban J connectivity index is 1.68. The number of aliphatic hydroxyl groups excluding tert-OH is 1. The highest BCUT2D eigenvalue weighted by atomic mass is 16.3. The summed E-state index contributed by atoms with van der Waals surface area (Å²) in [5.41, 5.74) is 1.07. The first kappa shape index (κ1) is 15.5. The van der Waals surface area contributed by atoms with Crippen molar-refractivity contribution in [2.24, 2.45) is 5.41 Å². The van der Waals surface area contributed by atoms with Crippen LogP contribution >= 0.6 is 0 Å². The van der Waals surface area contributed by atoms with Crippen LogP contribution in [0.2, 0.25) is 0 Å². The second kappa shape index (κ2) is 6.39. The highest BCUT2D eigenvalue weighted by molar-refractivity contribution is 5.79. The van der Waals surface area contributed by atoms with Gasteiger partial charge in [0.15, 0.2) is 0 Å². The molecule has 4 nitrogen and oxygen atoms in total. The lowest BCUT2D eigenvalue weighted by Gasteiger charge is -2.53. The summed E-state index contributed by atoms with van der Waals surface area (Å²) in [4.78, 5) is 16.9. The summed E-state index contributed by atoms with van der Waals surface area (Å²) in [6, 6.07) is 10.2. The van der Waals surface area contributed by atoms with Crippen molar-refractivity contribution in [2.75, 3.05) is 33.3 Å². The van der Waals surface area contributed by atoms with Crippen molar-refractivity contribution in [2.45, 2.75) is 31.7 Å². The molecule has 4 heteroatoms. The fourth-order valence-electron chi connectivity index (χ4n) is 4.13. The Morgan fingerprint density at radius 3 is 2.77 bits per heavy atom. The van der Waals surface area contributed by atoms with Crippen LogP contribution in [0.3, 0.4) is 0 Å². The van der Waals surface area contributed by atoms with E-state index in [4.69, 9.17) is 0 Å². The first-order valence-corrected chi connectivity index (χ1v) is 8.27. The topological polar surface area (TPSA) is 43.8 Å². The van der Waals surface area contributed by atoms with Crippen LogP contribution in [-0.4, -0.2) is 60.1 Å². The quantitative estimate of drug-likeness (QED) is 0.921. The van der Waals surface area contributed by atoms with E-state index in [1.165, 1.54) is 0 Å². The number of aliphatic hydroxyl groups is 1. The van der Waals surface area contributed by atoms with Gasteiger partial charge in [0.25, 0.3) is 0 Å². The molecule has 1 amide bonds. The summed E-state index contributed by atoms with van der Waals surface area (Å²) in [6.07, 6.45) is 3.62. The van der Waals surface area contributed by atoms with E-state index in [2.05, 4.69) is 11.9 Å². The third-order valence-corrected chi connectivity index (χ3v) is 5.56. The van der Waals surface area contributed by atoms with Crippen LogP contribution in [-0.2, 0) is 11.2 Å². The SMILES string of the molecule is CN1CCC[C@]2(CO)CCN(C(=O)Cc3ccccc3)C[C@@H]12. The van der Waals surface area contributed by atoms with Gasteiger partial charge in [-0.15, -0.1) is 0 Å². The highest BCUT2D eigenvalue weighted by Crippen LogP contribution is 2.41. The fraction of sp³-hybridized carbons (Fsp3) is 0.611. The molecule has 0 unspecified atom stereocenters. The summed E-state index contributed by atoms with van der Waals surface area (Å²) >= 11 is 0. The fourth-order valence-corrected chi connectivity index (χ4v) is 4.13. The van der Waals surface area contributed by atoms with Gasteiger partial charge in [0, 0.05) is 24.5 Å². The molecule has 0 aliphatic carbocycles. The van der Waals surface area contributed by atoms with Gasteiger partial charge < -0.3 is 14.9 Å². The van der Waals surface area contributed by atoms with Gasteiger partial charge >= 0.3 is 0 Å². The smallest absolute Gasteiger partial charge is 0.227 e. The van der Waals surface area contributed by atoms with Crippen LogP contribution in [0.15, 0.2) is 30.3 Å². The summed E-state index contributed by atoms with van der Waals surface area (Å²) in [7, 11) is 2.12. The van der Waals surface area contributed by atoms with Crippen molar-refractivity contribution >= 4 is 5.91 Å². The van der Waals surface area contributed by atoms with E-state index in [1.54, 1.807) is 0 Å². The molecule has 2 aliphatic rings. The van der Waals surface area contributed by atoms with E-state index < -0.39 is 0 Å². The normalized spacial score (nSPS) is 29.2. The molecule has 0 aromatic heterocycles. The van der Waals surface area contributed by atoms with E-state index in [-0.39, 0.29) is 17.9 Å². The lowest BCUT2D eigenvalue weighted by molar-refractivity contribution is -0.139. The van der Waals surface area contributed by atoms with E-state index >= 15 is 0 Å². The number of rotatable bonds is 3. The highest BCUT2D eigenvalue weighted by Gasteiger charge is 2.47. The molecule has 1 aromatic carbocycles. The van der Waals surface area contributed by atoms with Gasteiger partial charge in [-0.2, -0.15) is 0 Å². The Labute approximate surface area is 132 Å². The Bertz CT molecular complexity index is 519. The van der Waals surface area contributed by atoms with Gasteiger partial charge in [-0.05, 0) is 38.4 Å². The summed E-state index contributed by atoms with van der Waals surface area (Å²) < 4.78 is 0. The van der Waals surface area contributed by atoms with Gasteiger partial charge in [0.2, 0.25) is 5.91 Å². The summed E-state index contributed by atoms with van der Waals surface area (Å²) in [5, 5.41) is 9.92. The van der Waals surface area contributed by atoms with Crippen molar-refractivity contribution in [1.29, 1.82) is 0 Å². The average Bonchev–Trinajstić information content (AvgIpc) is 2.55. The van der Waals surface area contributed by atoms with Gasteiger partial charge in [-0.1, -0.05) is 30.3 Å². The minimum atomic E-state index is -0.00345. The predicted molar refractivity (Wildman–Crippen MR) is 86.5 cm³/mol. The molecule has 1 N–H and O–H groups in total. The van der Waals surface area contributed by atoms with Crippen molar-refractivity contribution in [3.8, 4) is 0 Å². The number of nitrogens with zero attached hydrogens (tertiary/aromatic N) is 2. The number of piperidine rings is 2. The summed E-state index contributed by atoms with van der Waals surface area (Å²) in [5.74, 6) is 0.205. The minimum absolute atomic E-state index is 0.00345. The number of hydrogen-bond acceptors (Lipinski definition) is 3. The van der Waals surface area contributed by atoms with Crippen molar-refractivity contribution in [1.82, 2.24) is 9.80 Å². The standard InChI is InChI=1S/C18H26N2O2/c1-19-10-5-8-18(14-21)9-11-20(13-16(18)19)17(22)12-15-6-3-2-4-7-15/h2-4,6-7,16,21H,5,8-14H2,1H3/t16-,18-/m1/s1. The molecule has 0 saturated carbocycles. The maximum Gasteiger partial charge on any atom is 0.227 e. The number of amides is 1. The van der Waals surface area contributed by atoms with Crippen molar-refractivity contribution in [3.05, 3.63) is 35.9 Å². The molecule has 0 spiro atoms. The van der Waals surface area contributed by atoms with Crippen LogP contribution in [0, 0.1) is 5.41 Å². The molecule has 0 radical (unpaired) electrons. The van der Waals surface area contributed by atoms with E-state index in [0.717, 1.165) is 44.5 Å². The van der Waals surface area contributed by atoms with Crippen LogP contribution in [0.25, 0.3) is 0 Å². The maximum absolute atomic E-state index is 12.6. The van der Waals surface area contributed by atoms with Gasteiger partial charge in [0.05, 0.1) is 13.0 Å². The largest absolute Gasteiger partial charge is 0.396 e. The zero-order valence-corrected chi connectivity index (χ0v) is 13.4. The number of likely N-dealkylation sites (tertiary alicyclic amines) is 2. The summed E-state index contributed by atoms with van der Waals surface area (Å²) in [6.45, 7) is 2.83. The zero-order valence-electron chi connectivity index (χ0n) is 13.4. The number of fused-ring (bicyclic) bond motifs is 1. The maximum atomic E-state index is 12.6. The lowest BCUT2D eigenvalue weighted by Crippen LogP contribution is -2.62. The molecule has 2 heterocycles. The molecule has 2 atom stereocenters. The average molecular weight is 302 g/mol. The Morgan fingerprint density at radius 1 is 1.27 bits per heavy atom. The van der Waals surface area contributed by atoms with Gasteiger partial charge in [0.1, 0.15) is 0 Å². The van der Waals surface area contributed by atoms with Crippen LogP contribution < -0.4 is 0 Å². The Morgan fingerprint density at radius 2 is 2.05 bits per heavy atom. The monoisotopic (exact) mass is 302 g/mol. The molecule has 2 saturated heterocycles. The minimum Gasteiger partial charge on any atom is -0.396 e. The Hall–Kier alpha value is -1.39. The number of hydrogen-bond donors (Lipinski definition) is 1. The second-order valence-electron chi connectivity index (χ2n) is 6.87. The van der Waals surface area contributed by atoms with Crippen molar-refractivity contribution < 1.29 is 9.90 Å². The number of carbonyl (C=O) groups is 1. The van der Waals surface area contributed by atoms with Crippen LogP contribution in [0.4, 0.5) is 0 Å². The molecule has 2 aliphatic heterocycles. The molecule has 22 heavy (non-hydrogen) atoms. The predicted octanol–water partition coefficient (Wildman–Crippen LogP) is 1.53. The van der Waals surface area contributed by atoms with Crippen LogP contribution in [0.1, 0.15) is 24.8 Å². The lowest BCUT2D eigenvalue weighted by atomic mass is 9.69. The Kier molecular flexibility index (Phi) is 4.50. The number of benzene rings is 1. The first-order valence-electron chi connectivity index (χ1n) is 8.27. The molecular formula is C18H26N2O2. The number of likely N-dealkylation sites (N-methyl/N-ethyl adjacent to an activating group) is 1. The zero-order chi connectivity index (χ0) is 15.6. The second-order valence-corrected chi connectivity index (χ2v) is 6.87. The third kappa shape index (κ3) is 2.90. The molecule has 2 fully saturated rings. The van der Waals surface area contributed by atoms with E-state index in [9.17, 15) is 9.90 Å². The van der Waals surface area contributed by atoms with Gasteiger partial charge in [-0.3, -0.25) is 4.79 Å². The molecule has 120 valence electrons. The van der Waals surface area contributed by atoms with Crippen molar-refractivity contribution in [3.63, 3.8) is 0 Å². The van der Waals surface area contributed by atoms with Crippen LogP contribution in [0.5, 0.6) is 0 Å².